The maximum Gasteiger partial charge on any atom is 0.197 e. The summed E-state index contributed by atoms with van der Waals surface area (Å²) in [4.78, 5) is 12.4. The molecule has 0 spiro atoms. The van der Waals surface area contributed by atoms with E-state index >= 15 is 0 Å². The zero-order valence-corrected chi connectivity index (χ0v) is 11.1. The topological polar surface area (TPSA) is 26.3 Å². The maximum absolute atomic E-state index is 12.4. The maximum atomic E-state index is 12.4. The minimum absolute atomic E-state index is 0.0387. The van der Waals surface area contributed by atoms with Crippen LogP contribution < -0.4 is 10.2 Å². The van der Waals surface area contributed by atoms with Crippen LogP contribution in [0, 0.1) is 0 Å². The Labute approximate surface area is 112 Å². The molecule has 3 aromatic rings. The lowest BCUT2D eigenvalue weighted by atomic mass is 10.2. The number of rotatable bonds is 1. The number of methoxy groups -OCH3 is 1. The van der Waals surface area contributed by atoms with E-state index in [-0.39, 0.29) is 5.43 Å². The lowest BCUT2D eigenvalue weighted by Crippen LogP contribution is -2.02. The Morgan fingerprint density at radius 2 is 1.94 bits per heavy atom. The molecule has 4 heteroatoms. The SMILES string of the molecule is COc1ccc(Cl)c2c(=O)c3ccccc3sc12. The van der Waals surface area contributed by atoms with E-state index in [1.54, 1.807) is 19.2 Å². The monoisotopic (exact) mass is 276 g/mol. The lowest BCUT2D eigenvalue weighted by molar-refractivity contribution is 0.420. The Balaban J connectivity index is 2.63. The molecule has 0 aliphatic carbocycles. The Bertz CT molecular complexity index is 808. The molecule has 3 rings (SSSR count). The number of ether oxygens (including phenoxy) is 1. The Hall–Kier alpha value is -1.58. The Kier molecular flexibility index (Phi) is 2.73. The summed E-state index contributed by atoms with van der Waals surface area (Å²) in [5.41, 5.74) is -0.0387. The molecule has 1 aromatic heterocycles. The van der Waals surface area contributed by atoms with Crippen LogP contribution in [0.1, 0.15) is 0 Å². The first-order chi connectivity index (χ1) is 8.72. The second-order valence-electron chi connectivity index (χ2n) is 3.88. The van der Waals surface area contributed by atoms with Gasteiger partial charge in [0.2, 0.25) is 0 Å². The molecule has 0 bridgehead atoms. The molecule has 18 heavy (non-hydrogen) atoms. The highest BCUT2D eigenvalue weighted by molar-refractivity contribution is 7.25. The Morgan fingerprint density at radius 1 is 1.17 bits per heavy atom. The zero-order valence-electron chi connectivity index (χ0n) is 9.57. The number of fused-ring (bicyclic) bond motifs is 2. The highest BCUT2D eigenvalue weighted by atomic mass is 35.5. The van der Waals surface area contributed by atoms with E-state index in [2.05, 4.69) is 0 Å². The van der Waals surface area contributed by atoms with E-state index in [0.717, 1.165) is 9.40 Å². The predicted molar refractivity (Wildman–Crippen MR) is 77.2 cm³/mol. The van der Waals surface area contributed by atoms with Crippen molar-refractivity contribution in [1.29, 1.82) is 0 Å². The van der Waals surface area contributed by atoms with Gasteiger partial charge in [-0.25, -0.2) is 0 Å². The fraction of sp³-hybridized carbons (Fsp3) is 0.0714. The van der Waals surface area contributed by atoms with Crippen LogP contribution in [0.2, 0.25) is 5.02 Å². The van der Waals surface area contributed by atoms with Crippen LogP contribution in [-0.4, -0.2) is 7.11 Å². The van der Waals surface area contributed by atoms with Crippen molar-refractivity contribution in [3.63, 3.8) is 0 Å². The van der Waals surface area contributed by atoms with Crippen molar-refractivity contribution in [2.24, 2.45) is 0 Å². The van der Waals surface area contributed by atoms with Gasteiger partial charge in [-0.05, 0) is 24.3 Å². The molecule has 0 aliphatic rings. The molecule has 0 fully saturated rings. The number of hydrogen-bond donors (Lipinski definition) is 0. The fourth-order valence-electron chi connectivity index (χ4n) is 2.00. The molecule has 90 valence electrons. The van der Waals surface area contributed by atoms with Crippen molar-refractivity contribution < 1.29 is 4.74 Å². The first-order valence-electron chi connectivity index (χ1n) is 5.40. The smallest absolute Gasteiger partial charge is 0.197 e. The van der Waals surface area contributed by atoms with Gasteiger partial charge in [-0.2, -0.15) is 0 Å². The molecule has 0 saturated carbocycles. The van der Waals surface area contributed by atoms with Crippen LogP contribution in [0.4, 0.5) is 0 Å². The summed E-state index contributed by atoms with van der Waals surface area (Å²) in [5.74, 6) is 0.683. The van der Waals surface area contributed by atoms with E-state index in [0.29, 0.717) is 21.5 Å². The van der Waals surface area contributed by atoms with Crippen LogP contribution in [0.25, 0.3) is 20.2 Å². The summed E-state index contributed by atoms with van der Waals surface area (Å²) in [5, 5.41) is 1.71. The van der Waals surface area contributed by atoms with Gasteiger partial charge in [-0.3, -0.25) is 4.79 Å². The minimum atomic E-state index is -0.0387. The first kappa shape index (κ1) is 11.5. The number of benzene rings is 2. The summed E-state index contributed by atoms with van der Waals surface area (Å²) in [6.45, 7) is 0. The van der Waals surface area contributed by atoms with Gasteiger partial charge in [-0.1, -0.05) is 23.7 Å². The highest BCUT2D eigenvalue weighted by Crippen LogP contribution is 2.35. The van der Waals surface area contributed by atoms with Gasteiger partial charge >= 0.3 is 0 Å². The van der Waals surface area contributed by atoms with E-state index in [9.17, 15) is 4.79 Å². The van der Waals surface area contributed by atoms with Crippen LogP contribution in [0.15, 0.2) is 41.2 Å². The summed E-state index contributed by atoms with van der Waals surface area (Å²) >= 11 is 7.66. The van der Waals surface area contributed by atoms with Crippen molar-refractivity contribution in [1.82, 2.24) is 0 Å². The van der Waals surface area contributed by atoms with Crippen LogP contribution >= 0.6 is 22.9 Å². The van der Waals surface area contributed by atoms with Crippen molar-refractivity contribution in [3.05, 3.63) is 51.6 Å². The molecule has 0 amide bonds. The zero-order chi connectivity index (χ0) is 12.7. The lowest BCUT2D eigenvalue weighted by Gasteiger charge is -2.07. The number of halogens is 1. The average molecular weight is 277 g/mol. The summed E-state index contributed by atoms with van der Waals surface area (Å²) in [6, 6.07) is 11.0. The van der Waals surface area contributed by atoms with Crippen molar-refractivity contribution in [2.75, 3.05) is 7.11 Å². The first-order valence-corrected chi connectivity index (χ1v) is 6.60. The Morgan fingerprint density at radius 3 is 2.72 bits per heavy atom. The molecule has 1 heterocycles. The van der Waals surface area contributed by atoms with E-state index < -0.39 is 0 Å². The van der Waals surface area contributed by atoms with Crippen molar-refractivity contribution in [3.8, 4) is 5.75 Å². The number of hydrogen-bond acceptors (Lipinski definition) is 3. The predicted octanol–water partition coefficient (Wildman–Crippen LogP) is 4.08. The third-order valence-electron chi connectivity index (χ3n) is 2.86. The van der Waals surface area contributed by atoms with Crippen LogP contribution in [0.3, 0.4) is 0 Å². The molecular formula is C14H9ClO2S. The average Bonchev–Trinajstić information content (AvgIpc) is 2.39. The minimum Gasteiger partial charge on any atom is -0.495 e. The summed E-state index contributed by atoms with van der Waals surface area (Å²) in [7, 11) is 1.59. The molecule has 0 N–H and O–H groups in total. The van der Waals surface area contributed by atoms with Crippen LogP contribution in [0.5, 0.6) is 5.75 Å². The molecule has 0 saturated heterocycles. The van der Waals surface area contributed by atoms with Gasteiger partial charge in [0, 0.05) is 10.1 Å². The van der Waals surface area contributed by atoms with Gasteiger partial charge in [-0.15, -0.1) is 11.3 Å². The van der Waals surface area contributed by atoms with Gasteiger partial charge < -0.3 is 4.74 Å². The second-order valence-corrected chi connectivity index (χ2v) is 5.34. The molecule has 2 nitrogen and oxygen atoms in total. The fourth-order valence-corrected chi connectivity index (χ4v) is 3.49. The molecule has 0 radical (unpaired) electrons. The molecule has 0 atom stereocenters. The normalized spacial score (nSPS) is 11.0. The molecule has 2 aromatic carbocycles. The summed E-state index contributed by atoms with van der Waals surface area (Å²) in [6.07, 6.45) is 0. The van der Waals surface area contributed by atoms with Gasteiger partial charge in [0.15, 0.2) is 5.43 Å². The molecular weight excluding hydrogens is 268 g/mol. The van der Waals surface area contributed by atoms with Gasteiger partial charge in [0.1, 0.15) is 5.75 Å². The third-order valence-corrected chi connectivity index (χ3v) is 4.36. The van der Waals surface area contributed by atoms with Gasteiger partial charge in [0.25, 0.3) is 0 Å². The summed E-state index contributed by atoms with van der Waals surface area (Å²) < 4.78 is 7.04. The largest absolute Gasteiger partial charge is 0.495 e. The van der Waals surface area contributed by atoms with E-state index in [4.69, 9.17) is 16.3 Å². The molecule has 0 unspecified atom stereocenters. The van der Waals surface area contributed by atoms with E-state index in [1.165, 1.54) is 11.3 Å². The standard InChI is InChI=1S/C14H9ClO2S/c1-17-10-7-6-9(15)12-13(16)8-4-2-3-5-11(8)18-14(10)12/h2-7H,1H3. The van der Waals surface area contributed by atoms with E-state index in [1.807, 2.05) is 24.3 Å². The van der Waals surface area contributed by atoms with Gasteiger partial charge in [0.05, 0.1) is 22.2 Å². The van der Waals surface area contributed by atoms with Crippen molar-refractivity contribution in [2.45, 2.75) is 0 Å². The quantitative estimate of drug-likeness (QED) is 0.626. The highest BCUT2D eigenvalue weighted by Gasteiger charge is 2.12. The van der Waals surface area contributed by atoms with Crippen LogP contribution in [-0.2, 0) is 0 Å². The third kappa shape index (κ3) is 1.59. The van der Waals surface area contributed by atoms with Crippen molar-refractivity contribution >= 4 is 43.1 Å². The molecule has 0 aliphatic heterocycles. The second kappa shape index (κ2) is 4.26.